The summed E-state index contributed by atoms with van der Waals surface area (Å²) < 4.78 is 12.1. The van der Waals surface area contributed by atoms with E-state index in [0.717, 1.165) is 48.9 Å². The van der Waals surface area contributed by atoms with Crippen molar-refractivity contribution in [3.05, 3.63) is 23.0 Å². The molecule has 3 atom stereocenters. The summed E-state index contributed by atoms with van der Waals surface area (Å²) >= 11 is 0. The van der Waals surface area contributed by atoms with Crippen LogP contribution in [0.5, 0.6) is 0 Å². The van der Waals surface area contributed by atoms with Gasteiger partial charge in [0.15, 0.2) is 0 Å². The van der Waals surface area contributed by atoms with E-state index in [1.54, 1.807) is 0 Å². The molecule has 1 aromatic rings. The fourth-order valence-electron chi connectivity index (χ4n) is 3.93. The van der Waals surface area contributed by atoms with Crippen LogP contribution in [0.1, 0.15) is 47.4 Å². The molecule has 0 bridgehead atoms. The summed E-state index contributed by atoms with van der Waals surface area (Å²) in [5.41, 5.74) is 2.76. The topological polar surface area (TPSA) is 54.6 Å². The number of fused-ring (bicyclic) bond motifs is 1. The molecule has 5 heteroatoms. The van der Waals surface area contributed by atoms with Crippen molar-refractivity contribution in [3.8, 4) is 0 Å². The first-order chi connectivity index (χ1) is 11.1. The van der Waals surface area contributed by atoms with E-state index in [0.29, 0.717) is 6.54 Å². The molecular formula is C18H26N2O3. The number of carbonyl (C=O) groups is 1. The summed E-state index contributed by atoms with van der Waals surface area (Å²) in [5.74, 6) is 0.848. The second kappa shape index (κ2) is 5.95. The Morgan fingerprint density at radius 1 is 1.39 bits per heavy atom. The lowest BCUT2D eigenvalue weighted by Crippen LogP contribution is -2.44. The summed E-state index contributed by atoms with van der Waals surface area (Å²) in [7, 11) is 0. The third-order valence-corrected chi connectivity index (χ3v) is 5.36. The average molecular weight is 318 g/mol. The Balaban J connectivity index is 1.52. The lowest BCUT2D eigenvalue weighted by atomic mass is 10.0. The molecule has 5 nitrogen and oxygen atoms in total. The SMILES string of the molecule is Cc1cc(C(=O)N2C[C@@H](OCC3CC3)[C@H]3OCCC[C@H]32)c(C)[nH]1. The molecule has 0 unspecified atom stereocenters. The summed E-state index contributed by atoms with van der Waals surface area (Å²) in [6, 6.07) is 2.12. The first-order valence-electron chi connectivity index (χ1n) is 8.84. The van der Waals surface area contributed by atoms with Gasteiger partial charge in [0.25, 0.3) is 5.91 Å². The van der Waals surface area contributed by atoms with Gasteiger partial charge in [-0.15, -0.1) is 0 Å². The Bertz CT molecular complexity index is 593. The van der Waals surface area contributed by atoms with Gasteiger partial charge in [-0.05, 0) is 51.5 Å². The number of likely N-dealkylation sites (tertiary alicyclic amines) is 1. The molecule has 0 radical (unpaired) electrons. The molecule has 3 heterocycles. The Morgan fingerprint density at radius 2 is 2.22 bits per heavy atom. The van der Waals surface area contributed by atoms with Crippen LogP contribution in [0.25, 0.3) is 0 Å². The fraction of sp³-hybridized carbons (Fsp3) is 0.722. The predicted molar refractivity (Wildman–Crippen MR) is 86.5 cm³/mol. The monoisotopic (exact) mass is 318 g/mol. The van der Waals surface area contributed by atoms with Crippen LogP contribution in [0, 0.1) is 19.8 Å². The van der Waals surface area contributed by atoms with Crippen LogP contribution in [0.3, 0.4) is 0 Å². The Morgan fingerprint density at radius 3 is 2.91 bits per heavy atom. The average Bonchev–Trinajstić information content (AvgIpc) is 3.21. The maximum atomic E-state index is 13.0. The highest BCUT2D eigenvalue weighted by atomic mass is 16.5. The van der Waals surface area contributed by atoms with E-state index in [4.69, 9.17) is 9.47 Å². The second-order valence-electron chi connectivity index (χ2n) is 7.31. The van der Waals surface area contributed by atoms with E-state index in [1.807, 2.05) is 24.8 Å². The van der Waals surface area contributed by atoms with Crippen LogP contribution < -0.4 is 0 Å². The molecule has 4 rings (SSSR count). The van der Waals surface area contributed by atoms with Crippen LogP contribution >= 0.6 is 0 Å². The third kappa shape index (κ3) is 2.92. The highest BCUT2D eigenvalue weighted by molar-refractivity contribution is 5.96. The van der Waals surface area contributed by atoms with Gasteiger partial charge in [0.2, 0.25) is 0 Å². The number of hydrogen-bond acceptors (Lipinski definition) is 3. The molecule has 1 amide bonds. The molecule has 2 saturated heterocycles. The number of H-pyrrole nitrogens is 1. The zero-order valence-electron chi connectivity index (χ0n) is 14.0. The van der Waals surface area contributed by atoms with Gasteiger partial charge in [-0.25, -0.2) is 0 Å². The molecule has 1 aliphatic carbocycles. The number of aromatic amines is 1. The largest absolute Gasteiger partial charge is 0.373 e. The normalized spacial score (nSPS) is 30.5. The standard InChI is InChI=1S/C18H26N2O3/c1-11-8-14(12(2)19-11)18(21)20-9-16(23-10-13-5-6-13)17-15(20)4-3-7-22-17/h8,13,15-17,19H,3-7,9-10H2,1-2H3/t15-,16-,17+/m1/s1. The lowest BCUT2D eigenvalue weighted by Gasteiger charge is -2.32. The van der Waals surface area contributed by atoms with Crippen molar-refractivity contribution in [2.75, 3.05) is 19.8 Å². The van der Waals surface area contributed by atoms with Crippen LogP contribution in [0.2, 0.25) is 0 Å². The molecule has 1 aromatic heterocycles. The van der Waals surface area contributed by atoms with Crippen molar-refractivity contribution in [3.63, 3.8) is 0 Å². The molecule has 3 aliphatic rings. The molecular weight excluding hydrogens is 292 g/mol. The van der Waals surface area contributed by atoms with Gasteiger partial charge in [0.1, 0.15) is 12.2 Å². The van der Waals surface area contributed by atoms with Crippen LogP contribution in [0.4, 0.5) is 0 Å². The van der Waals surface area contributed by atoms with E-state index in [1.165, 1.54) is 12.8 Å². The molecule has 2 aliphatic heterocycles. The number of amides is 1. The highest BCUT2D eigenvalue weighted by Crippen LogP contribution is 2.35. The Kier molecular flexibility index (Phi) is 3.93. The third-order valence-electron chi connectivity index (χ3n) is 5.36. The number of rotatable bonds is 4. The zero-order valence-corrected chi connectivity index (χ0v) is 14.0. The maximum absolute atomic E-state index is 13.0. The Labute approximate surface area is 137 Å². The number of aryl methyl sites for hydroxylation is 2. The number of nitrogens with zero attached hydrogens (tertiary/aromatic N) is 1. The summed E-state index contributed by atoms with van der Waals surface area (Å²) in [6.07, 6.45) is 4.68. The molecule has 0 spiro atoms. The first kappa shape index (κ1) is 15.2. The van der Waals surface area contributed by atoms with Gasteiger partial charge in [-0.1, -0.05) is 0 Å². The number of nitrogens with one attached hydrogen (secondary N) is 1. The molecule has 0 aromatic carbocycles. The second-order valence-corrected chi connectivity index (χ2v) is 7.31. The van der Waals surface area contributed by atoms with Gasteiger partial charge in [0.05, 0.1) is 18.2 Å². The number of carbonyl (C=O) groups excluding carboxylic acids is 1. The van der Waals surface area contributed by atoms with Gasteiger partial charge >= 0.3 is 0 Å². The van der Waals surface area contributed by atoms with E-state index in [2.05, 4.69) is 4.98 Å². The zero-order chi connectivity index (χ0) is 16.0. The predicted octanol–water partition coefficient (Wildman–Crippen LogP) is 2.43. The summed E-state index contributed by atoms with van der Waals surface area (Å²) in [6.45, 7) is 6.22. The smallest absolute Gasteiger partial charge is 0.256 e. The molecule has 23 heavy (non-hydrogen) atoms. The van der Waals surface area contributed by atoms with E-state index >= 15 is 0 Å². The minimum absolute atomic E-state index is 0.0326. The van der Waals surface area contributed by atoms with Crippen LogP contribution in [-0.4, -0.2) is 53.8 Å². The lowest BCUT2D eigenvalue weighted by molar-refractivity contribution is -0.0781. The van der Waals surface area contributed by atoms with Gasteiger partial charge in [-0.2, -0.15) is 0 Å². The van der Waals surface area contributed by atoms with Crippen molar-refractivity contribution in [2.24, 2.45) is 5.92 Å². The number of hydrogen-bond donors (Lipinski definition) is 1. The van der Waals surface area contributed by atoms with Crippen molar-refractivity contribution in [2.45, 2.75) is 57.8 Å². The van der Waals surface area contributed by atoms with Crippen LogP contribution in [-0.2, 0) is 9.47 Å². The quantitative estimate of drug-likeness (QED) is 0.927. The van der Waals surface area contributed by atoms with Crippen molar-refractivity contribution < 1.29 is 14.3 Å². The highest BCUT2D eigenvalue weighted by Gasteiger charge is 2.47. The Hall–Kier alpha value is -1.33. The molecule has 126 valence electrons. The number of aromatic nitrogens is 1. The molecule has 1 N–H and O–H groups in total. The fourth-order valence-corrected chi connectivity index (χ4v) is 3.93. The van der Waals surface area contributed by atoms with Crippen molar-refractivity contribution in [1.82, 2.24) is 9.88 Å². The summed E-state index contributed by atoms with van der Waals surface area (Å²) in [5, 5.41) is 0. The first-order valence-corrected chi connectivity index (χ1v) is 8.84. The molecule has 1 saturated carbocycles. The number of ether oxygens (including phenoxy) is 2. The molecule has 3 fully saturated rings. The minimum Gasteiger partial charge on any atom is -0.373 e. The van der Waals surface area contributed by atoms with Crippen molar-refractivity contribution in [1.29, 1.82) is 0 Å². The van der Waals surface area contributed by atoms with E-state index < -0.39 is 0 Å². The van der Waals surface area contributed by atoms with Crippen LogP contribution in [0.15, 0.2) is 6.07 Å². The minimum atomic E-state index is 0.0326. The van der Waals surface area contributed by atoms with Gasteiger partial charge in [-0.3, -0.25) is 4.79 Å². The van der Waals surface area contributed by atoms with E-state index in [-0.39, 0.29) is 24.2 Å². The van der Waals surface area contributed by atoms with Crippen molar-refractivity contribution >= 4 is 5.91 Å². The van der Waals surface area contributed by atoms with Gasteiger partial charge in [0, 0.05) is 24.6 Å². The maximum Gasteiger partial charge on any atom is 0.256 e. The van der Waals surface area contributed by atoms with E-state index in [9.17, 15) is 4.79 Å². The summed E-state index contributed by atoms with van der Waals surface area (Å²) in [4.78, 5) is 18.3. The van der Waals surface area contributed by atoms with Gasteiger partial charge < -0.3 is 19.4 Å².